The van der Waals surface area contributed by atoms with Crippen LogP contribution in [0.4, 0.5) is 11.5 Å². The van der Waals surface area contributed by atoms with E-state index in [4.69, 9.17) is 4.74 Å². The van der Waals surface area contributed by atoms with Gasteiger partial charge in [-0.2, -0.15) is 0 Å². The molecular formula is C19H23N5O3. The summed E-state index contributed by atoms with van der Waals surface area (Å²) in [4.78, 5) is 28.4. The standard InChI is InChI=1S/C19H23N5O3/c1-3-27-19(26)14-4-6-15(7-5-14)20-18(25)16-8-9-17(22-21-16)24-12-10-23(2)11-13-24/h4-9H,3,10-13H2,1-2H3,(H,20,25). The molecule has 1 N–H and O–H groups in total. The minimum absolute atomic E-state index is 0.238. The summed E-state index contributed by atoms with van der Waals surface area (Å²) < 4.78 is 4.93. The van der Waals surface area contributed by atoms with E-state index in [-0.39, 0.29) is 17.6 Å². The van der Waals surface area contributed by atoms with E-state index >= 15 is 0 Å². The molecule has 0 bridgehead atoms. The summed E-state index contributed by atoms with van der Waals surface area (Å²) in [5.41, 5.74) is 1.24. The van der Waals surface area contributed by atoms with Crippen molar-refractivity contribution in [2.24, 2.45) is 0 Å². The van der Waals surface area contributed by atoms with Crippen LogP contribution in [0.25, 0.3) is 0 Å². The van der Waals surface area contributed by atoms with Gasteiger partial charge in [0.1, 0.15) is 0 Å². The zero-order valence-corrected chi connectivity index (χ0v) is 15.5. The maximum atomic E-state index is 12.3. The number of hydrogen-bond donors (Lipinski definition) is 1. The Labute approximate surface area is 158 Å². The maximum absolute atomic E-state index is 12.3. The smallest absolute Gasteiger partial charge is 0.338 e. The van der Waals surface area contributed by atoms with Crippen LogP contribution in [0.1, 0.15) is 27.8 Å². The molecule has 1 aliphatic heterocycles. The summed E-state index contributed by atoms with van der Waals surface area (Å²) in [7, 11) is 2.09. The Morgan fingerprint density at radius 1 is 1.04 bits per heavy atom. The van der Waals surface area contributed by atoms with E-state index in [0.717, 1.165) is 32.0 Å². The molecule has 2 aromatic rings. The second-order valence-corrected chi connectivity index (χ2v) is 6.32. The van der Waals surface area contributed by atoms with Crippen LogP contribution in [0.3, 0.4) is 0 Å². The first-order valence-corrected chi connectivity index (χ1v) is 8.92. The van der Waals surface area contributed by atoms with Crippen molar-refractivity contribution < 1.29 is 14.3 Å². The van der Waals surface area contributed by atoms with Gasteiger partial charge in [0.25, 0.3) is 5.91 Å². The maximum Gasteiger partial charge on any atom is 0.338 e. The second-order valence-electron chi connectivity index (χ2n) is 6.32. The van der Waals surface area contributed by atoms with Crippen LogP contribution in [-0.4, -0.2) is 66.8 Å². The lowest BCUT2D eigenvalue weighted by Gasteiger charge is -2.32. The topological polar surface area (TPSA) is 87.7 Å². The number of piperazine rings is 1. The Morgan fingerprint density at radius 3 is 2.33 bits per heavy atom. The molecule has 1 saturated heterocycles. The van der Waals surface area contributed by atoms with Crippen LogP contribution in [-0.2, 0) is 4.74 Å². The average Bonchev–Trinajstić information content (AvgIpc) is 2.69. The number of nitrogens with one attached hydrogen (secondary N) is 1. The molecule has 0 spiro atoms. The van der Waals surface area contributed by atoms with Crippen LogP contribution in [0, 0.1) is 0 Å². The fraction of sp³-hybridized carbons (Fsp3) is 0.368. The number of nitrogens with zero attached hydrogens (tertiary/aromatic N) is 4. The molecule has 3 rings (SSSR count). The fourth-order valence-electron chi connectivity index (χ4n) is 2.75. The summed E-state index contributed by atoms with van der Waals surface area (Å²) in [5.74, 6) is 0.0375. The molecule has 142 valence electrons. The van der Waals surface area contributed by atoms with E-state index in [1.54, 1.807) is 37.3 Å². The number of rotatable bonds is 5. The van der Waals surface area contributed by atoms with Gasteiger partial charge in [0.15, 0.2) is 11.5 Å². The van der Waals surface area contributed by atoms with Gasteiger partial charge in [-0.25, -0.2) is 4.79 Å². The number of likely N-dealkylation sites (N-methyl/N-ethyl adjacent to an activating group) is 1. The molecule has 0 atom stereocenters. The number of benzene rings is 1. The van der Waals surface area contributed by atoms with Crippen molar-refractivity contribution in [2.75, 3.05) is 50.1 Å². The molecule has 8 nitrogen and oxygen atoms in total. The van der Waals surface area contributed by atoms with Crippen LogP contribution >= 0.6 is 0 Å². The average molecular weight is 369 g/mol. The van der Waals surface area contributed by atoms with Crippen molar-refractivity contribution in [1.82, 2.24) is 15.1 Å². The van der Waals surface area contributed by atoms with E-state index in [2.05, 4.69) is 32.4 Å². The molecule has 0 aliphatic carbocycles. The Kier molecular flexibility index (Phi) is 5.97. The van der Waals surface area contributed by atoms with Crippen LogP contribution in [0.5, 0.6) is 0 Å². The third-order valence-electron chi connectivity index (χ3n) is 4.36. The Morgan fingerprint density at radius 2 is 1.74 bits per heavy atom. The summed E-state index contributed by atoms with van der Waals surface area (Å²) in [6.45, 7) is 5.81. The van der Waals surface area contributed by atoms with E-state index < -0.39 is 0 Å². The molecule has 8 heteroatoms. The summed E-state index contributed by atoms with van der Waals surface area (Å²) in [6.07, 6.45) is 0. The normalized spacial score (nSPS) is 14.7. The molecule has 27 heavy (non-hydrogen) atoms. The van der Waals surface area contributed by atoms with Gasteiger partial charge in [-0.1, -0.05) is 0 Å². The predicted octanol–water partition coefficient (Wildman–Crippen LogP) is 1.66. The van der Waals surface area contributed by atoms with Gasteiger partial charge < -0.3 is 19.9 Å². The summed E-state index contributed by atoms with van der Waals surface area (Å²) in [5, 5.41) is 11.0. The molecule has 0 radical (unpaired) electrons. The highest BCUT2D eigenvalue weighted by Gasteiger charge is 2.17. The van der Waals surface area contributed by atoms with Gasteiger partial charge in [-0.15, -0.1) is 10.2 Å². The second kappa shape index (κ2) is 8.59. The third-order valence-corrected chi connectivity index (χ3v) is 4.36. The minimum atomic E-state index is -0.388. The minimum Gasteiger partial charge on any atom is -0.462 e. The van der Waals surface area contributed by atoms with Crippen molar-refractivity contribution in [2.45, 2.75) is 6.92 Å². The monoisotopic (exact) mass is 369 g/mol. The van der Waals surface area contributed by atoms with Gasteiger partial charge in [-0.3, -0.25) is 4.79 Å². The SMILES string of the molecule is CCOC(=O)c1ccc(NC(=O)c2ccc(N3CCN(C)CC3)nn2)cc1. The van der Waals surface area contributed by atoms with Crippen molar-refractivity contribution >= 4 is 23.4 Å². The molecule has 1 aromatic heterocycles. The first kappa shape index (κ1) is 18.8. The van der Waals surface area contributed by atoms with E-state index in [9.17, 15) is 9.59 Å². The lowest BCUT2D eigenvalue weighted by molar-refractivity contribution is 0.0526. The number of hydrogen-bond acceptors (Lipinski definition) is 7. The van der Waals surface area contributed by atoms with E-state index in [1.165, 1.54) is 0 Å². The lowest BCUT2D eigenvalue weighted by atomic mass is 10.2. The van der Waals surface area contributed by atoms with Gasteiger partial charge in [0.2, 0.25) is 0 Å². The Hall–Kier alpha value is -3.00. The Balaban J connectivity index is 1.60. The highest BCUT2D eigenvalue weighted by atomic mass is 16.5. The number of ether oxygens (including phenoxy) is 1. The van der Waals surface area contributed by atoms with Crippen LogP contribution in [0.15, 0.2) is 36.4 Å². The lowest BCUT2D eigenvalue weighted by Crippen LogP contribution is -2.44. The van der Waals surface area contributed by atoms with Crippen molar-refractivity contribution in [3.8, 4) is 0 Å². The predicted molar refractivity (Wildman–Crippen MR) is 102 cm³/mol. The fourth-order valence-corrected chi connectivity index (χ4v) is 2.75. The highest BCUT2D eigenvalue weighted by Crippen LogP contribution is 2.14. The van der Waals surface area contributed by atoms with E-state index in [1.807, 2.05) is 6.07 Å². The van der Waals surface area contributed by atoms with Gasteiger partial charge in [-0.05, 0) is 50.4 Å². The number of esters is 1. The molecule has 2 heterocycles. The highest BCUT2D eigenvalue weighted by molar-refractivity contribution is 6.03. The van der Waals surface area contributed by atoms with Gasteiger partial charge in [0, 0.05) is 31.9 Å². The molecule has 1 amide bonds. The van der Waals surface area contributed by atoms with Crippen LogP contribution in [0.2, 0.25) is 0 Å². The number of amides is 1. The molecule has 1 aliphatic rings. The molecule has 0 unspecified atom stereocenters. The Bertz CT molecular complexity index is 784. The van der Waals surface area contributed by atoms with Crippen molar-refractivity contribution in [3.05, 3.63) is 47.7 Å². The van der Waals surface area contributed by atoms with Crippen LogP contribution < -0.4 is 10.2 Å². The third kappa shape index (κ3) is 4.79. The van der Waals surface area contributed by atoms with Crippen molar-refractivity contribution in [3.63, 3.8) is 0 Å². The number of aromatic nitrogens is 2. The van der Waals surface area contributed by atoms with Crippen molar-refractivity contribution in [1.29, 1.82) is 0 Å². The first-order chi connectivity index (χ1) is 13.1. The molecule has 1 fully saturated rings. The molecule has 1 aromatic carbocycles. The van der Waals surface area contributed by atoms with Gasteiger partial charge in [0.05, 0.1) is 12.2 Å². The zero-order valence-electron chi connectivity index (χ0n) is 15.5. The summed E-state index contributed by atoms with van der Waals surface area (Å²) >= 11 is 0. The van der Waals surface area contributed by atoms with E-state index in [0.29, 0.717) is 17.9 Å². The zero-order chi connectivity index (χ0) is 19.2. The largest absolute Gasteiger partial charge is 0.462 e. The number of carbonyl (C=O) groups is 2. The molecule has 0 saturated carbocycles. The number of carbonyl (C=O) groups excluding carboxylic acids is 2. The quantitative estimate of drug-likeness (QED) is 0.802. The molecular weight excluding hydrogens is 346 g/mol. The summed E-state index contributed by atoms with van der Waals surface area (Å²) in [6, 6.07) is 10.00. The first-order valence-electron chi connectivity index (χ1n) is 8.92. The number of anilines is 2. The van der Waals surface area contributed by atoms with Gasteiger partial charge >= 0.3 is 5.97 Å².